The lowest BCUT2D eigenvalue weighted by atomic mass is 10.2. The average molecular weight is 237 g/mol. The van der Waals surface area contributed by atoms with E-state index in [2.05, 4.69) is 10.3 Å². The van der Waals surface area contributed by atoms with Crippen molar-refractivity contribution in [2.45, 2.75) is 18.9 Å². The molecule has 1 aromatic heterocycles. The second-order valence-electron chi connectivity index (χ2n) is 3.79. The molecule has 0 spiro atoms. The minimum Gasteiger partial charge on any atom is -0.388 e. The summed E-state index contributed by atoms with van der Waals surface area (Å²) in [5.74, 6) is 0.792. The van der Waals surface area contributed by atoms with E-state index in [1.807, 2.05) is 12.1 Å². The number of ether oxygens (including phenoxy) is 1. The third kappa shape index (κ3) is 2.90. The highest BCUT2D eigenvalue weighted by Gasteiger charge is 2.14. The lowest BCUT2D eigenvalue weighted by Gasteiger charge is -2.11. The molecule has 1 saturated heterocycles. The van der Waals surface area contributed by atoms with Gasteiger partial charge in [-0.1, -0.05) is 18.3 Å². The summed E-state index contributed by atoms with van der Waals surface area (Å²) in [4.78, 5) is 4.62. The first-order chi connectivity index (χ1) is 7.75. The van der Waals surface area contributed by atoms with E-state index in [-0.39, 0.29) is 0 Å². The molecule has 1 fully saturated rings. The molecule has 2 rings (SSSR count). The van der Waals surface area contributed by atoms with Crippen LogP contribution in [0.2, 0.25) is 0 Å². The molecule has 0 amide bonds. The quantitative estimate of drug-likeness (QED) is 0.773. The van der Waals surface area contributed by atoms with Crippen LogP contribution in [0.25, 0.3) is 0 Å². The maximum absolute atomic E-state index is 5.52. The Labute approximate surface area is 100 Å². The van der Waals surface area contributed by atoms with Crippen LogP contribution in [0.1, 0.15) is 18.5 Å². The van der Waals surface area contributed by atoms with Crippen molar-refractivity contribution in [2.24, 2.45) is 5.73 Å². The maximum atomic E-state index is 5.52. The number of nitrogens with two attached hydrogens (primary N) is 1. The fourth-order valence-corrected chi connectivity index (χ4v) is 1.81. The highest BCUT2D eigenvalue weighted by Crippen LogP contribution is 2.13. The van der Waals surface area contributed by atoms with E-state index in [4.69, 9.17) is 22.7 Å². The number of rotatable bonds is 4. The maximum Gasteiger partial charge on any atom is 0.126 e. The van der Waals surface area contributed by atoms with Crippen molar-refractivity contribution in [3.05, 3.63) is 23.9 Å². The topological polar surface area (TPSA) is 60.2 Å². The molecule has 0 saturated carbocycles. The van der Waals surface area contributed by atoms with Gasteiger partial charge in [-0.15, -0.1) is 0 Å². The smallest absolute Gasteiger partial charge is 0.126 e. The number of anilines is 1. The average Bonchev–Trinajstić information content (AvgIpc) is 2.79. The Kier molecular flexibility index (Phi) is 3.69. The molecule has 1 unspecified atom stereocenters. The van der Waals surface area contributed by atoms with Gasteiger partial charge in [0.05, 0.1) is 11.8 Å². The molecule has 86 valence electrons. The summed E-state index contributed by atoms with van der Waals surface area (Å²) < 4.78 is 5.51. The molecule has 0 bridgehead atoms. The van der Waals surface area contributed by atoms with E-state index in [9.17, 15) is 0 Å². The predicted molar refractivity (Wildman–Crippen MR) is 67.6 cm³/mol. The van der Waals surface area contributed by atoms with Gasteiger partial charge in [0.1, 0.15) is 10.8 Å². The van der Waals surface area contributed by atoms with E-state index >= 15 is 0 Å². The van der Waals surface area contributed by atoms with Gasteiger partial charge < -0.3 is 15.8 Å². The van der Waals surface area contributed by atoms with E-state index in [1.54, 1.807) is 6.07 Å². The van der Waals surface area contributed by atoms with Gasteiger partial charge in [-0.25, -0.2) is 4.98 Å². The Morgan fingerprint density at radius 1 is 1.62 bits per heavy atom. The highest BCUT2D eigenvalue weighted by molar-refractivity contribution is 7.80. The number of hydrogen-bond donors (Lipinski definition) is 2. The van der Waals surface area contributed by atoms with Crippen molar-refractivity contribution in [3.8, 4) is 0 Å². The van der Waals surface area contributed by atoms with Crippen molar-refractivity contribution in [1.82, 2.24) is 4.98 Å². The van der Waals surface area contributed by atoms with Crippen LogP contribution in [0.3, 0.4) is 0 Å². The van der Waals surface area contributed by atoms with E-state index < -0.39 is 0 Å². The summed E-state index contributed by atoms with van der Waals surface area (Å²) in [5, 5.41) is 3.23. The number of hydrogen-bond acceptors (Lipinski definition) is 4. The van der Waals surface area contributed by atoms with Crippen molar-refractivity contribution < 1.29 is 4.74 Å². The van der Waals surface area contributed by atoms with Crippen LogP contribution in [-0.2, 0) is 4.74 Å². The van der Waals surface area contributed by atoms with Gasteiger partial charge in [0, 0.05) is 13.2 Å². The Morgan fingerprint density at radius 2 is 2.50 bits per heavy atom. The monoisotopic (exact) mass is 237 g/mol. The minimum absolute atomic E-state index is 0.301. The normalized spacial score (nSPS) is 19.6. The molecule has 1 atom stereocenters. The van der Waals surface area contributed by atoms with Gasteiger partial charge >= 0.3 is 0 Å². The third-order valence-corrected chi connectivity index (χ3v) is 2.75. The van der Waals surface area contributed by atoms with Gasteiger partial charge in [-0.3, -0.25) is 0 Å². The number of nitrogens with zero attached hydrogens (tertiary/aromatic N) is 1. The second-order valence-corrected chi connectivity index (χ2v) is 4.23. The zero-order chi connectivity index (χ0) is 11.4. The summed E-state index contributed by atoms with van der Waals surface area (Å²) >= 11 is 4.88. The van der Waals surface area contributed by atoms with Crippen molar-refractivity contribution in [3.63, 3.8) is 0 Å². The Balaban J connectivity index is 1.93. The Bertz CT molecular complexity index is 377. The third-order valence-electron chi connectivity index (χ3n) is 2.54. The van der Waals surface area contributed by atoms with Crippen LogP contribution in [0.4, 0.5) is 5.82 Å². The summed E-state index contributed by atoms with van der Waals surface area (Å²) in [6, 6.07) is 5.59. The predicted octanol–water partition coefficient (Wildman–Crippen LogP) is 1.31. The molecular weight excluding hydrogens is 222 g/mol. The number of pyridine rings is 1. The van der Waals surface area contributed by atoms with Crippen LogP contribution in [0.5, 0.6) is 0 Å². The number of thiocarbonyl (C=S) groups is 1. The summed E-state index contributed by atoms with van der Waals surface area (Å²) in [6.07, 6.45) is 2.56. The van der Waals surface area contributed by atoms with Crippen LogP contribution >= 0.6 is 12.2 Å². The largest absolute Gasteiger partial charge is 0.388 e. The first kappa shape index (κ1) is 11.3. The molecule has 16 heavy (non-hydrogen) atoms. The number of nitrogens with one attached hydrogen (secondary N) is 1. The second kappa shape index (κ2) is 5.23. The minimum atomic E-state index is 0.301. The highest BCUT2D eigenvalue weighted by atomic mass is 32.1. The molecule has 1 aliphatic heterocycles. The fraction of sp³-hybridized carbons (Fsp3) is 0.455. The van der Waals surface area contributed by atoms with Crippen LogP contribution in [-0.4, -0.2) is 29.2 Å². The Hall–Kier alpha value is -1.20. The van der Waals surface area contributed by atoms with E-state index in [0.29, 0.717) is 16.8 Å². The van der Waals surface area contributed by atoms with Crippen molar-refractivity contribution >= 4 is 23.0 Å². The van der Waals surface area contributed by atoms with Crippen LogP contribution in [0.15, 0.2) is 18.2 Å². The zero-order valence-corrected chi connectivity index (χ0v) is 9.80. The fourth-order valence-electron chi connectivity index (χ4n) is 1.69. The van der Waals surface area contributed by atoms with E-state index in [0.717, 1.165) is 31.8 Å². The van der Waals surface area contributed by atoms with Crippen LogP contribution in [0, 0.1) is 0 Å². The molecule has 5 heteroatoms. The standard InChI is InChI=1S/C11H15N3OS/c12-11(16)9-4-1-5-10(14-9)13-7-8-3-2-6-15-8/h1,4-5,8H,2-3,6-7H2,(H2,12,16)(H,13,14). The Morgan fingerprint density at radius 3 is 3.19 bits per heavy atom. The van der Waals surface area contributed by atoms with Crippen molar-refractivity contribution in [1.29, 1.82) is 0 Å². The molecular formula is C11H15N3OS. The van der Waals surface area contributed by atoms with Gasteiger partial charge in [0.25, 0.3) is 0 Å². The number of aromatic nitrogens is 1. The summed E-state index contributed by atoms with van der Waals surface area (Å²) in [7, 11) is 0. The van der Waals surface area contributed by atoms with Crippen LogP contribution < -0.4 is 11.1 Å². The molecule has 0 aliphatic carbocycles. The molecule has 0 radical (unpaired) electrons. The van der Waals surface area contributed by atoms with Gasteiger partial charge in [-0.05, 0) is 25.0 Å². The first-order valence-electron chi connectivity index (χ1n) is 5.38. The van der Waals surface area contributed by atoms with Gasteiger partial charge in [0.2, 0.25) is 0 Å². The van der Waals surface area contributed by atoms with E-state index in [1.165, 1.54) is 0 Å². The molecule has 0 aromatic carbocycles. The molecule has 3 N–H and O–H groups in total. The molecule has 2 heterocycles. The van der Waals surface area contributed by atoms with Gasteiger partial charge in [-0.2, -0.15) is 0 Å². The first-order valence-corrected chi connectivity index (χ1v) is 5.79. The SMILES string of the molecule is NC(=S)c1cccc(NCC2CCCO2)n1. The summed E-state index contributed by atoms with van der Waals surface area (Å²) in [5.41, 5.74) is 6.16. The van der Waals surface area contributed by atoms with Gasteiger partial charge in [0.15, 0.2) is 0 Å². The van der Waals surface area contributed by atoms with Crippen molar-refractivity contribution in [2.75, 3.05) is 18.5 Å². The zero-order valence-electron chi connectivity index (χ0n) is 8.98. The summed E-state index contributed by atoms with van der Waals surface area (Å²) in [6.45, 7) is 1.65. The molecule has 1 aliphatic rings. The molecule has 4 nitrogen and oxygen atoms in total. The lowest BCUT2D eigenvalue weighted by Crippen LogP contribution is -2.20. The molecule has 1 aromatic rings. The lowest BCUT2D eigenvalue weighted by molar-refractivity contribution is 0.120.